The predicted molar refractivity (Wildman–Crippen MR) is 157 cm³/mol. The zero-order valence-corrected chi connectivity index (χ0v) is 23.3. The maximum atomic E-state index is 14.1. The van der Waals surface area contributed by atoms with Crippen LogP contribution in [-0.2, 0) is 4.79 Å². The van der Waals surface area contributed by atoms with E-state index in [2.05, 4.69) is 5.32 Å². The molecule has 1 aromatic heterocycles. The Morgan fingerprint density at radius 3 is 2.00 bits per heavy atom. The number of para-hydroxylation sites is 1. The summed E-state index contributed by atoms with van der Waals surface area (Å²) in [5.41, 5.74) is 3.15. The molecular formula is C33H35FN2O5. The molecule has 4 aromatic rings. The first-order chi connectivity index (χ1) is 19.6. The van der Waals surface area contributed by atoms with Crippen LogP contribution in [0.4, 0.5) is 10.1 Å². The van der Waals surface area contributed by atoms with E-state index in [0.29, 0.717) is 40.2 Å². The van der Waals surface area contributed by atoms with Crippen LogP contribution in [0.2, 0.25) is 0 Å². The largest absolute Gasteiger partial charge is 0.480 e. The number of nitrogens with one attached hydrogen (secondary N) is 1. The summed E-state index contributed by atoms with van der Waals surface area (Å²) in [6.45, 7) is 5.44. The van der Waals surface area contributed by atoms with Crippen LogP contribution in [0.5, 0.6) is 0 Å². The number of hydrogen-bond acceptors (Lipinski definition) is 4. The summed E-state index contributed by atoms with van der Waals surface area (Å²) in [6, 6.07) is 22.1. The average molecular weight is 559 g/mol. The molecular weight excluding hydrogens is 523 g/mol. The molecule has 1 amide bonds. The number of aliphatic hydroxyl groups excluding tert-OH is 2. The van der Waals surface area contributed by atoms with Gasteiger partial charge >= 0.3 is 5.97 Å². The number of hydrogen-bond donors (Lipinski definition) is 4. The van der Waals surface area contributed by atoms with Crippen molar-refractivity contribution in [2.24, 2.45) is 0 Å². The molecule has 0 saturated carbocycles. The molecule has 0 aliphatic rings. The van der Waals surface area contributed by atoms with Crippen molar-refractivity contribution in [3.05, 3.63) is 102 Å². The van der Waals surface area contributed by atoms with Crippen molar-refractivity contribution in [2.45, 2.75) is 57.8 Å². The SMILES string of the molecule is CC[C@@H](O)C[C@@H](O)C(C(=O)O)n1c(-c2ccc(F)cc2)c(-c2ccccc2)c(C(=O)Nc2ccccc2)c1C(C)C. The van der Waals surface area contributed by atoms with Crippen molar-refractivity contribution < 1.29 is 29.3 Å². The Morgan fingerprint density at radius 2 is 1.46 bits per heavy atom. The lowest BCUT2D eigenvalue weighted by Crippen LogP contribution is -2.35. The first-order valence-corrected chi connectivity index (χ1v) is 13.7. The summed E-state index contributed by atoms with van der Waals surface area (Å²) in [5, 5.41) is 35.1. The normalized spacial score (nSPS) is 13.5. The number of aromatic nitrogens is 1. The van der Waals surface area contributed by atoms with Crippen LogP contribution in [0, 0.1) is 5.82 Å². The fourth-order valence-electron chi connectivity index (χ4n) is 5.21. The molecule has 4 N–H and O–H groups in total. The zero-order chi connectivity index (χ0) is 29.7. The molecule has 3 atom stereocenters. The van der Waals surface area contributed by atoms with Gasteiger partial charge in [-0.05, 0) is 59.9 Å². The van der Waals surface area contributed by atoms with E-state index in [1.54, 1.807) is 31.2 Å². The second-order valence-electron chi connectivity index (χ2n) is 10.3. The van der Waals surface area contributed by atoms with E-state index in [0.717, 1.165) is 0 Å². The van der Waals surface area contributed by atoms with Crippen molar-refractivity contribution in [1.82, 2.24) is 4.57 Å². The zero-order valence-electron chi connectivity index (χ0n) is 23.3. The van der Waals surface area contributed by atoms with E-state index in [1.807, 2.05) is 50.2 Å². The fourth-order valence-corrected chi connectivity index (χ4v) is 5.21. The summed E-state index contributed by atoms with van der Waals surface area (Å²) in [6.07, 6.45) is -2.26. The molecule has 0 aliphatic carbocycles. The summed E-state index contributed by atoms with van der Waals surface area (Å²) >= 11 is 0. The molecule has 0 aliphatic heterocycles. The number of carbonyl (C=O) groups is 2. The summed E-state index contributed by atoms with van der Waals surface area (Å²) in [5.74, 6) is -2.61. The average Bonchev–Trinajstić information content (AvgIpc) is 3.30. The Hall–Kier alpha value is -4.27. The number of nitrogens with zero attached hydrogens (tertiary/aromatic N) is 1. The van der Waals surface area contributed by atoms with Gasteiger partial charge in [-0.1, -0.05) is 69.3 Å². The monoisotopic (exact) mass is 558 g/mol. The Bertz CT molecular complexity index is 1480. The Kier molecular flexibility index (Phi) is 9.37. The quantitative estimate of drug-likeness (QED) is 0.168. The van der Waals surface area contributed by atoms with Crippen molar-refractivity contribution in [2.75, 3.05) is 5.32 Å². The molecule has 0 spiro atoms. The number of aliphatic hydroxyl groups is 2. The molecule has 0 bridgehead atoms. The number of carbonyl (C=O) groups excluding carboxylic acids is 1. The lowest BCUT2D eigenvalue weighted by atomic mass is 9.94. The van der Waals surface area contributed by atoms with Crippen molar-refractivity contribution >= 4 is 17.6 Å². The summed E-state index contributed by atoms with van der Waals surface area (Å²) < 4.78 is 15.6. The van der Waals surface area contributed by atoms with Gasteiger partial charge in [0.25, 0.3) is 5.91 Å². The van der Waals surface area contributed by atoms with Gasteiger partial charge in [0.1, 0.15) is 5.82 Å². The smallest absolute Gasteiger partial charge is 0.329 e. The highest BCUT2D eigenvalue weighted by Gasteiger charge is 2.39. The molecule has 4 rings (SSSR count). The van der Waals surface area contributed by atoms with Gasteiger partial charge in [-0.2, -0.15) is 0 Å². The fraction of sp³-hybridized carbons (Fsp3) is 0.273. The molecule has 0 radical (unpaired) electrons. The topological polar surface area (TPSA) is 112 Å². The van der Waals surface area contributed by atoms with Gasteiger partial charge in [0, 0.05) is 23.4 Å². The molecule has 214 valence electrons. The number of benzene rings is 3. The number of amides is 1. The number of aliphatic carboxylic acids is 1. The van der Waals surface area contributed by atoms with E-state index in [9.17, 15) is 29.3 Å². The number of anilines is 1. The first-order valence-electron chi connectivity index (χ1n) is 13.7. The number of halogens is 1. The number of rotatable bonds is 11. The van der Waals surface area contributed by atoms with Gasteiger partial charge in [0.2, 0.25) is 0 Å². The highest BCUT2D eigenvalue weighted by molar-refractivity contribution is 6.12. The third-order valence-corrected chi connectivity index (χ3v) is 7.11. The van der Waals surface area contributed by atoms with E-state index in [4.69, 9.17) is 0 Å². The maximum absolute atomic E-state index is 14.1. The summed E-state index contributed by atoms with van der Waals surface area (Å²) in [4.78, 5) is 27.1. The van der Waals surface area contributed by atoms with Gasteiger partial charge in [0.05, 0.1) is 23.5 Å². The van der Waals surface area contributed by atoms with Crippen LogP contribution in [-0.4, -0.2) is 44.0 Å². The first kappa shape index (κ1) is 29.7. The minimum Gasteiger partial charge on any atom is -0.480 e. The van der Waals surface area contributed by atoms with E-state index >= 15 is 0 Å². The van der Waals surface area contributed by atoms with Crippen LogP contribution in [0.15, 0.2) is 84.9 Å². The minimum atomic E-state index is -1.55. The van der Waals surface area contributed by atoms with Gasteiger partial charge in [-0.15, -0.1) is 0 Å². The van der Waals surface area contributed by atoms with E-state index in [-0.39, 0.29) is 17.9 Å². The Labute approximate surface area is 238 Å². The van der Waals surface area contributed by atoms with Gasteiger partial charge < -0.3 is 25.2 Å². The third kappa shape index (κ3) is 6.39. The number of carboxylic acid groups (broad SMARTS) is 1. The maximum Gasteiger partial charge on any atom is 0.329 e. The molecule has 1 heterocycles. The molecule has 0 saturated heterocycles. The second-order valence-corrected chi connectivity index (χ2v) is 10.3. The molecule has 3 aromatic carbocycles. The number of carboxylic acids is 1. The molecule has 8 heteroatoms. The standard InChI is InChI=1S/C33H35FN2O5/c1-4-25(37)19-26(38)31(33(40)41)36-29(20(2)3)28(32(39)35-24-13-9-6-10-14-24)27(21-11-7-5-8-12-21)30(36)22-15-17-23(34)18-16-22/h5-18,20,25-26,31,37-38H,4,19H2,1-3H3,(H,35,39)(H,40,41)/t25-,26-,31?/m1/s1. The van der Waals surface area contributed by atoms with E-state index in [1.165, 1.54) is 28.8 Å². The highest BCUT2D eigenvalue weighted by Crippen LogP contribution is 2.45. The summed E-state index contributed by atoms with van der Waals surface area (Å²) in [7, 11) is 0. The van der Waals surface area contributed by atoms with Gasteiger partial charge in [-0.25, -0.2) is 9.18 Å². The predicted octanol–water partition coefficient (Wildman–Crippen LogP) is 6.48. The van der Waals surface area contributed by atoms with Crippen molar-refractivity contribution in [3.63, 3.8) is 0 Å². The van der Waals surface area contributed by atoms with Crippen LogP contribution in [0.3, 0.4) is 0 Å². The molecule has 1 unspecified atom stereocenters. The van der Waals surface area contributed by atoms with Crippen LogP contribution in [0.1, 0.15) is 61.6 Å². The minimum absolute atomic E-state index is 0.182. The lowest BCUT2D eigenvalue weighted by Gasteiger charge is -2.28. The molecule has 41 heavy (non-hydrogen) atoms. The van der Waals surface area contributed by atoms with Crippen LogP contribution >= 0.6 is 0 Å². The second kappa shape index (κ2) is 12.9. The van der Waals surface area contributed by atoms with Crippen LogP contribution in [0.25, 0.3) is 22.4 Å². The van der Waals surface area contributed by atoms with Gasteiger partial charge in [-0.3, -0.25) is 4.79 Å². The van der Waals surface area contributed by atoms with Crippen molar-refractivity contribution in [1.29, 1.82) is 0 Å². The van der Waals surface area contributed by atoms with E-state index < -0.39 is 35.9 Å². The third-order valence-electron chi connectivity index (χ3n) is 7.11. The van der Waals surface area contributed by atoms with Gasteiger partial charge in [0.15, 0.2) is 6.04 Å². The molecule has 0 fully saturated rings. The molecule has 7 nitrogen and oxygen atoms in total. The Morgan fingerprint density at radius 1 is 0.878 bits per heavy atom. The highest BCUT2D eigenvalue weighted by atomic mass is 19.1. The van der Waals surface area contributed by atoms with Crippen LogP contribution < -0.4 is 5.32 Å². The Balaban J connectivity index is 2.12. The lowest BCUT2D eigenvalue weighted by molar-refractivity contribution is -0.145. The van der Waals surface area contributed by atoms with Crippen molar-refractivity contribution in [3.8, 4) is 22.4 Å².